The van der Waals surface area contributed by atoms with Crippen LogP contribution in [0.25, 0.3) is 11.1 Å². The van der Waals surface area contributed by atoms with Gasteiger partial charge in [0.05, 0.1) is 5.57 Å². The normalized spacial score (nSPS) is 14.5. The molecule has 0 amide bonds. The van der Waals surface area contributed by atoms with Crippen LogP contribution in [0.1, 0.15) is 11.1 Å². The van der Waals surface area contributed by atoms with Crippen molar-refractivity contribution in [2.75, 3.05) is 6.61 Å². The zero-order chi connectivity index (χ0) is 15.9. The number of carbonyl (C=O) groups excluding carboxylic acids is 1. The third kappa shape index (κ3) is 2.87. The molecule has 1 aliphatic heterocycles. The minimum absolute atomic E-state index is 0.132. The summed E-state index contributed by atoms with van der Waals surface area (Å²) in [6.07, 6.45) is 0. The highest BCUT2D eigenvalue weighted by Crippen LogP contribution is 2.36. The first-order chi connectivity index (χ1) is 10.5. The molecule has 1 heterocycles. The minimum atomic E-state index is -0.427. The van der Waals surface area contributed by atoms with Gasteiger partial charge >= 0.3 is 5.97 Å². The van der Waals surface area contributed by atoms with Crippen LogP contribution in [0.4, 0.5) is 4.39 Å². The van der Waals surface area contributed by atoms with E-state index in [4.69, 9.17) is 4.74 Å². The van der Waals surface area contributed by atoms with Gasteiger partial charge in [-0.3, -0.25) is 0 Å². The lowest BCUT2D eigenvalue weighted by Crippen LogP contribution is -1.98. The summed E-state index contributed by atoms with van der Waals surface area (Å²) in [5.41, 5.74) is 2.48. The monoisotopic (exact) mass is 442 g/mol. The number of thiol groups is 1. The van der Waals surface area contributed by atoms with Gasteiger partial charge in [0, 0.05) is 19.4 Å². The van der Waals surface area contributed by atoms with Gasteiger partial charge in [0.15, 0.2) is 0 Å². The van der Waals surface area contributed by atoms with E-state index < -0.39 is 11.8 Å². The SMILES string of the molecule is O=C1OCC(c2ccc(S)c(F)c2)=C1c1ccc(Br)c(Br)c1. The van der Waals surface area contributed by atoms with Gasteiger partial charge in [-0.05, 0) is 67.3 Å². The third-order valence-corrected chi connectivity index (χ3v) is 5.60. The molecule has 0 N–H and O–H groups in total. The van der Waals surface area contributed by atoms with Crippen LogP contribution >= 0.6 is 44.5 Å². The van der Waals surface area contributed by atoms with E-state index in [-0.39, 0.29) is 11.5 Å². The molecule has 3 rings (SSSR count). The maximum absolute atomic E-state index is 13.7. The zero-order valence-corrected chi connectivity index (χ0v) is 15.1. The van der Waals surface area contributed by atoms with Crippen LogP contribution in [0, 0.1) is 5.82 Å². The van der Waals surface area contributed by atoms with E-state index in [9.17, 15) is 9.18 Å². The Labute approximate surface area is 149 Å². The number of esters is 1. The molecule has 0 spiro atoms. The Morgan fingerprint density at radius 3 is 2.45 bits per heavy atom. The van der Waals surface area contributed by atoms with Crippen LogP contribution in [0.5, 0.6) is 0 Å². The smallest absolute Gasteiger partial charge is 0.339 e. The fraction of sp³-hybridized carbons (Fsp3) is 0.0625. The fourth-order valence-electron chi connectivity index (χ4n) is 2.27. The van der Waals surface area contributed by atoms with Crippen molar-refractivity contribution in [3.63, 3.8) is 0 Å². The molecule has 2 nitrogen and oxygen atoms in total. The summed E-state index contributed by atoms with van der Waals surface area (Å²) in [5.74, 6) is -0.830. The molecule has 2 aromatic carbocycles. The molecule has 0 atom stereocenters. The van der Waals surface area contributed by atoms with Crippen molar-refractivity contribution >= 4 is 61.6 Å². The number of cyclic esters (lactones) is 1. The molecule has 0 aliphatic carbocycles. The lowest BCUT2D eigenvalue weighted by Gasteiger charge is -2.07. The van der Waals surface area contributed by atoms with Gasteiger partial charge in [0.25, 0.3) is 0 Å². The maximum Gasteiger partial charge on any atom is 0.339 e. The Balaban J connectivity index is 2.17. The molecule has 0 bridgehead atoms. The molecule has 0 saturated carbocycles. The standard InChI is InChI=1S/C16H9Br2FO2S/c17-11-3-1-9(5-12(11)18)15-10(7-21-16(15)20)8-2-4-14(22)13(19)6-8/h1-6,22H,7H2. The molecule has 6 heteroatoms. The second-order valence-corrected chi connectivity index (χ2v) is 6.92. The van der Waals surface area contributed by atoms with Gasteiger partial charge in [-0.2, -0.15) is 0 Å². The first kappa shape index (κ1) is 15.8. The summed E-state index contributed by atoms with van der Waals surface area (Å²) < 4.78 is 20.6. The molecule has 22 heavy (non-hydrogen) atoms. The molecule has 2 aromatic rings. The van der Waals surface area contributed by atoms with Gasteiger partial charge in [0.1, 0.15) is 12.4 Å². The highest BCUT2D eigenvalue weighted by Gasteiger charge is 2.27. The largest absolute Gasteiger partial charge is 0.457 e. The van der Waals surface area contributed by atoms with Crippen LogP contribution in [0.2, 0.25) is 0 Å². The van der Waals surface area contributed by atoms with Crippen LogP contribution in [-0.4, -0.2) is 12.6 Å². The molecule has 0 unspecified atom stereocenters. The second-order valence-electron chi connectivity index (χ2n) is 4.72. The lowest BCUT2D eigenvalue weighted by atomic mass is 9.97. The highest BCUT2D eigenvalue weighted by atomic mass is 79.9. The van der Waals surface area contributed by atoms with E-state index in [0.717, 1.165) is 14.5 Å². The van der Waals surface area contributed by atoms with Crippen LogP contribution in [-0.2, 0) is 9.53 Å². The molecular formula is C16H9Br2FO2S. The number of hydrogen-bond donors (Lipinski definition) is 1. The van der Waals surface area contributed by atoms with Crippen molar-refractivity contribution in [3.8, 4) is 0 Å². The average Bonchev–Trinajstić information content (AvgIpc) is 2.87. The highest BCUT2D eigenvalue weighted by molar-refractivity contribution is 9.13. The number of halogens is 3. The van der Waals surface area contributed by atoms with Gasteiger partial charge in [-0.25, -0.2) is 9.18 Å². The summed E-state index contributed by atoms with van der Waals surface area (Å²) in [7, 11) is 0. The number of ether oxygens (including phenoxy) is 1. The van der Waals surface area contributed by atoms with Crippen LogP contribution in [0.3, 0.4) is 0 Å². The zero-order valence-electron chi connectivity index (χ0n) is 11.1. The molecule has 0 saturated heterocycles. The Hall–Kier alpha value is -1.11. The average molecular weight is 444 g/mol. The first-order valence-corrected chi connectivity index (χ1v) is 8.35. The fourth-order valence-corrected chi connectivity index (χ4v) is 3.04. The number of carbonyl (C=O) groups is 1. The summed E-state index contributed by atoms with van der Waals surface area (Å²) >= 11 is 10.8. The van der Waals surface area contributed by atoms with Crippen LogP contribution in [0.15, 0.2) is 50.2 Å². The third-order valence-electron chi connectivity index (χ3n) is 3.36. The molecular weight excluding hydrogens is 435 g/mol. The quantitative estimate of drug-likeness (QED) is 0.515. The lowest BCUT2D eigenvalue weighted by molar-refractivity contribution is -0.133. The summed E-state index contributed by atoms with van der Waals surface area (Å²) in [6.45, 7) is 0.132. The van der Waals surface area contributed by atoms with Gasteiger partial charge in [0.2, 0.25) is 0 Å². The van der Waals surface area contributed by atoms with E-state index >= 15 is 0 Å². The maximum atomic E-state index is 13.7. The topological polar surface area (TPSA) is 26.3 Å². The summed E-state index contributed by atoms with van der Waals surface area (Å²) in [4.78, 5) is 12.4. The minimum Gasteiger partial charge on any atom is -0.457 e. The molecule has 0 aromatic heterocycles. The van der Waals surface area contributed by atoms with Crippen molar-refractivity contribution < 1.29 is 13.9 Å². The van der Waals surface area contributed by atoms with E-state index in [2.05, 4.69) is 44.5 Å². The molecule has 1 aliphatic rings. The molecule has 0 radical (unpaired) electrons. The Bertz CT molecular complexity index is 818. The van der Waals surface area contributed by atoms with E-state index in [1.165, 1.54) is 6.07 Å². The summed E-state index contributed by atoms with van der Waals surface area (Å²) in [5, 5.41) is 0. The predicted molar refractivity (Wildman–Crippen MR) is 93.3 cm³/mol. The second kappa shape index (κ2) is 6.18. The Kier molecular flexibility index (Phi) is 4.43. The summed E-state index contributed by atoms with van der Waals surface area (Å²) in [6, 6.07) is 10.2. The number of hydrogen-bond acceptors (Lipinski definition) is 3. The molecule has 112 valence electrons. The van der Waals surface area contributed by atoms with Crippen LogP contribution < -0.4 is 0 Å². The van der Waals surface area contributed by atoms with Crippen molar-refractivity contribution in [1.82, 2.24) is 0 Å². The first-order valence-electron chi connectivity index (χ1n) is 6.32. The van der Waals surface area contributed by atoms with E-state index in [1.54, 1.807) is 12.1 Å². The van der Waals surface area contributed by atoms with Crippen molar-refractivity contribution in [3.05, 3.63) is 62.3 Å². The molecule has 0 fully saturated rings. The Morgan fingerprint density at radius 1 is 1.05 bits per heavy atom. The number of rotatable bonds is 2. The Morgan fingerprint density at radius 2 is 1.77 bits per heavy atom. The van der Waals surface area contributed by atoms with Crippen molar-refractivity contribution in [2.45, 2.75) is 4.90 Å². The van der Waals surface area contributed by atoms with E-state index in [1.807, 2.05) is 18.2 Å². The van der Waals surface area contributed by atoms with E-state index in [0.29, 0.717) is 16.7 Å². The van der Waals surface area contributed by atoms with Gasteiger partial charge < -0.3 is 4.74 Å². The van der Waals surface area contributed by atoms with Crippen molar-refractivity contribution in [2.24, 2.45) is 0 Å². The predicted octanol–water partition coefficient (Wildman–Crippen LogP) is 5.11. The van der Waals surface area contributed by atoms with Gasteiger partial charge in [-0.15, -0.1) is 12.6 Å². The number of benzene rings is 2. The van der Waals surface area contributed by atoms with Crippen molar-refractivity contribution in [1.29, 1.82) is 0 Å². The van der Waals surface area contributed by atoms with Gasteiger partial charge in [-0.1, -0.05) is 12.1 Å².